The molecule has 1 aliphatic carbocycles. The Morgan fingerprint density at radius 3 is 2.68 bits per heavy atom. The Morgan fingerprint density at radius 2 is 2.08 bits per heavy atom. The lowest BCUT2D eigenvalue weighted by atomic mass is 10.1. The predicted octanol–water partition coefficient (Wildman–Crippen LogP) is 2.90. The highest BCUT2D eigenvalue weighted by molar-refractivity contribution is 5.78. The first-order valence-corrected chi connectivity index (χ1v) is 9.13. The van der Waals surface area contributed by atoms with Gasteiger partial charge in [0, 0.05) is 12.2 Å². The average molecular weight is 341 g/mol. The van der Waals surface area contributed by atoms with Gasteiger partial charge in [0.25, 0.3) is 0 Å². The van der Waals surface area contributed by atoms with Gasteiger partial charge >= 0.3 is 0 Å². The van der Waals surface area contributed by atoms with E-state index in [-0.39, 0.29) is 11.8 Å². The van der Waals surface area contributed by atoms with E-state index < -0.39 is 0 Å². The number of aryl methyl sites for hydroxylation is 2. The second-order valence-corrected chi connectivity index (χ2v) is 7.01. The van der Waals surface area contributed by atoms with Gasteiger partial charge in [0.15, 0.2) is 0 Å². The number of aromatic nitrogens is 4. The van der Waals surface area contributed by atoms with Gasteiger partial charge in [0.05, 0.1) is 24.7 Å². The van der Waals surface area contributed by atoms with E-state index in [1.807, 2.05) is 48.6 Å². The molecule has 0 saturated heterocycles. The van der Waals surface area contributed by atoms with Crippen molar-refractivity contribution >= 4 is 5.91 Å². The maximum Gasteiger partial charge on any atom is 0.227 e. The van der Waals surface area contributed by atoms with Crippen LogP contribution in [0.2, 0.25) is 0 Å². The highest BCUT2D eigenvalue weighted by Gasteiger charge is 2.30. The van der Waals surface area contributed by atoms with Crippen molar-refractivity contribution in [1.29, 1.82) is 0 Å². The van der Waals surface area contributed by atoms with Gasteiger partial charge in [0.1, 0.15) is 11.6 Å². The van der Waals surface area contributed by atoms with Gasteiger partial charge in [-0.2, -0.15) is 5.10 Å². The molecule has 0 radical (unpaired) electrons. The molecule has 0 spiro atoms. The highest BCUT2D eigenvalue weighted by Crippen LogP contribution is 2.26. The topological polar surface area (TPSA) is 63.9 Å². The van der Waals surface area contributed by atoms with E-state index in [2.05, 4.69) is 15.1 Å². The maximum atomic E-state index is 13.2. The van der Waals surface area contributed by atoms with E-state index in [0.717, 1.165) is 30.2 Å². The van der Waals surface area contributed by atoms with Crippen molar-refractivity contribution in [2.45, 2.75) is 65.6 Å². The van der Waals surface area contributed by atoms with Gasteiger partial charge in [0.2, 0.25) is 5.91 Å². The molecule has 0 aromatic carbocycles. The van der Waals surface area contributed by atoms with Crippen LogP contribution in [0.25, 0.3) is 0 Å². The van der Waals surface area contributed by atoms with Gasteiger partial charge in [-0.25, -0.2) is 9.67 Å². The van der Waals surface area contributed by atoms with Crippen LogP contribution in [0.4, 0.5) is 0 Å². The fourth-order valence-corrected chi connectivity index (χ4v) is 3.62. The number of carbonyl (C=O) groups is 1. The number of rotatable bonds is 6. The first kappa shape index (κ1) is 17.6. The molecule has 1 amide bonds. The van der Waals surface area contributed by atoms with Crippen LogP contribution in [-0.4, -0.2) is 36.6 Å². The molecule has 1 fully saturated rings. The molecule has 0 bridgehead atoms. The minimum atomic E-state index is -0.135. The lowest BCUT2D eigenvalue weighted by molar-refractivity contribution is -0.138. The summed E-state index contributed by atoms with van der Waals surface area (Å²) in [5, 5.41) is 4.40. The lowest BCUT2D eigenvalue weighted by Crippen LogP contribution is -2.42. The normalized spacial score (nSPS) is 16.1. The summed E-state index contributed by atoms with van der Waals surface area (Å²) in [5.41, 5.74) is 0.947. The molecule has 1 saturated carbocycles. The van der Waals surface area contributed by atoms with Crippen LogP contribution >= 0.6 is 0 Å². The van der Waals surface area contributed by atoms with E-state index >= 15 is 0 Å². The van der Waals surface area contributed by atoms with Crippen LogP contribution in [0.5, 0.6) is 0 Å². The molecule has 6 nitrogen and oxygen atoms in total. The van der Waals surface area contributed by atoms with Crippen molar-refractivity contribution in [3.8, 4) is 0 Å². The van der Waals surface area contributed by atoms with Crippen LogP contribution in [0, 0.1) is 19.8 Å². The average Bonchev–Trinajstić information content (AvgIpc) is 3.23. The van der Waals surface area contributed by atoms with Crippen LogP contribution in [0.15, 0.2) is 24.4 Å². The number of nitrogens with zero attached hydrogens (tertiary/aromatic N) is 5. The first-order chi connectivity index (χ1) is 12.0. The number of pyridine rings is 1. The second-order valence-electron chi connectivity index (χ2n) is 7.01. The van der Waals surface area contributed by atoms with Crippen LogP contribution in [0.3, 0.4) is 0 Å². The minimum absolute atomic E-state index is 0.135. The molecule has 1 unspecified atom stereocenters. The smallest absolute Gasteiger partial charge is 0.227 e. The maximum absolute atomic E-state index is 13.2. The molecule has 3 rings (SSSR count). The van der Waals surface area contributed by atoms with Crippen LogP contribution in [-0.2, 0) is 17.9 Å². The lowest BCUT2D eigenvalue weighted by Gasteiger charge is -2.31. The number of carbonyl (C=O) groups excluding carboxylic acids is 1. The molecule has 2 aromatic rings. The zero-order valence-corrected chi connectivity index (χ0v) is 15.4. The summed E-state index contributed by atoms with van der Waals surface area (Å²) in [5.74, 6) is 1.65. The summed E-state index contributed by atoms with van der Waals surface area (Å²) in [7, 11) is 0. The Bertz CT molecular complexity index is 706. The van der Waals surface area contributed by atoms with Crippen molar-refractivity contribution in [2.24, 2.45) is 5.92 Å². The SMILES string of the molecule is Cc1nc(C)n(CC(C)C(=O)N(Cc2ccccn2)C2CCCC2)n1. The van der Waals surface area contributed by atoms with E-state index in [1.54, 1.807) is 6.20 Å². The van der Waals surface area contributed by atoms with Gasteiger partial charge < -0.3 is 4.90 Å². The largest absolute Gasteiger partial charge is 0.334 e. The molecule has 134 valence electrons. The van der Waals surface area contributed by atoms with Crippen molar-refractivity contribution in [3.63, 3.8) is 0 Å². The molecule has 0 N–H and O–H groups in total. The first-order valence-electron chi connectivity index (χ1n) is 9.13. The molecule has 1 aliphatic rings. The van der Waals surface area contributed by atoms with Gasteiger partial charge in [-0.05, 0) is 38.8 Å². The molecular formula is C19H27N5O. The molecular weight excluding hydrogens is 314 g/mol. The third kappa shape index (κ3) is 4.24. The highest BCUT2D eigenvalue weighted by atomic mass is 16.2. The Hall–Kier alpha value is -2.24. The molecule has 6 heteroatoms. The van der Waals surface area contributed by atoms with Crippen molar-refractivity contribution in [2.75, 3.05) is 0 Å². The summed E-state index contributed by atoms with van der Waals surface area (Å²) < 4.78 is 1.84. The number of hydrogen-bond donors (Lipinski definition) is 0. The quantitative estimate of drug-likeness (QED) is 0.810. The minimum Gasteiger partial charge on any atom is -0.334 e. The van der Waals surface area contributed by atoms with Gasteiger partial charge in [-0.1, -0.05) is 25.8 Å². The molecule has 0 aliphatic heterocycles. The van der Waals surface area contributed by atoms with E-state index in [0.29, 0.717) is 19.1 Å². The van der Waals surface area contributed by atoms with Gasteiger partial charge in [-0.15, -0.1) is 0 Å². The van der Waals surface area contributed by atoms with E-state index in [9.17, 15) is 4.79 Å². The number of amides is 1. The number of hydrogen-bond acceptors (Lipinski definition) is 4. The zero-order valence-electron chi connectivity index (χ0n) is 15.4. The van der Waals surface area contributed by atoms with Crippen LogP contribution < -0.4 is 0 Å². The Kier molecular flexibility index (Phi) is 5.46. The Balaban J connectivity index is 1.74. The predicted molar refractivity (Wildman–Crippen MR) is 95.7 cm³/mol. The summed E-state index contributed by atoms with van der Waals surface area (Å²) in [6.45, 7) is 6.95. The molecule has 1 atom stereocenters. The monoisotopic (exact) mass is 341 g/mol. The van der Waals surface area contributed by atoms with Gasteiger partial charge in [-0.3, -0.25) is 9.78 Å². The summed E-state index contributed by atoms with van der Waals surface area (Å²) in [6.07, 6.45) is 6.37. The summed E-state index contributed by atoms with van der Waals surface area (Å²) in [4.78, 5) is 24.0. The third-order valence-electron chi connectivity index (χ3n) is 4.94. The second kappa shape index (κ2) is 7.76. The molecule has 2 heterocycles. The van der Waals surface area contributed by atoms with E-state index in [4.69, 9.17) is 0 Å². The zero-order chi connectivity index (χ0) is 17.8. The standard InChI is InChI=1S/C19H27N5O/c1-14(12-24-16(3)21-15(2)22-24)19(25)23(18-9-4-5-10-18)13-17-8-6-7-11-20-17/h6-8,11,14,18H,4-5,9-10,12-13H2,1-3H3. The summed E-state index contributed by atoms with van der Waals surface area (Å²) >= 11 is 0. The fraction of sp³-hybridized carbons (Fsp3) is 0.579. The summed E-state index contributed by atoms with van der Waals surface area (Å²) in [6, 6.07) is 6.20. The van der Waals surface area contributed by atoms with E-state index in [1.165, 1.54) is 12.8 Å². The van der Waals surface area contributed by atoms with Crippen molar-refractivity contribution in [1.82, 2.24) is 24.6 Å². The Morgan fingerprint density at radius 1 is 1.32 bits per heavy atom. The van der Waals surface area contributed by atoms with Crippen LogP contribution in [0.1, 0.15) is 49.9 Å². The molecule has 25 heavy (non-hydrogen) atoms. The van der Waals surface area contributed by atoms with Crippen molar-refractivity contribution in [3.05, 3.63) is 41.7 Å². The van der Waals surface area contributed by atoms with Crippen molar-refractivity contribution < 1.29 is 4.79 Å². The Labute approximate surface area is 149 Å². The third-order valence-corrected chi connectivity index (χ3v) is 4.94. The molecule has 2 aromatic heterocycles. The fourth-order valence-electron chi connectivity index (χ4n) is 3.62.